The molecule has 0 unspecified atom stereocenters. The summed E-state index contributed by atoms with van der Waals surface area (Å²) in [5.41, 5.74) is 1.22. The number of hydrogen-bond donors (Lipinski definition) is 0. The third kappa shape index (κ3) is 3.10. The number of aromatic nitrogens is 2. The minimum Gasteiger partial charge on any atom is -0.484 e. The van der Waals surface area contributed by atoms with E-state index in [0.29, 0.717) is 28.6 Å². The van der Waals surface area contributed by atoms with E-state index in [4.69, 9.17) is 14.5 Å². The maximum atomic E-state index is 12.9. The highest BCUT2D eigenvalue weighted by molar-refractivity contribution is 5.53. The number of rotatable bonds is 4. The van der Waals surface area contributed by atoms with Crippen LogP contribution in [0, 0.1) is 17.1 Å². The highest BCUT2D eigenvalue weighted by Crippen LogP contribution is 2.17. The number of nitrogens with zero attached hydrogens (tertiary/aromatic N) is 3. The third-order valence-electron chi connectivity index (χ3n) is 2.92. The van der Waals surface area contributed by atoms with E-state index in [2.05, 4.69) is 10.1 Å². The maximum Gasteiger partial charge on any atom is 0.264 e. The second-order valence-electron chi connectivity index (χ2n) is 4.44. The summed E-state index contributed by atoms with van der Waals surface area (Å²) in [6.45, 7) is 0.111. The summed E-state index contributed by atoms with van der Waals surface area (Å²) in [5, 5.41) is 12.5. The Bertz CT molecular complexity index is 805. The van der Waals surface area contributed by atoms with E-state index in [1.165, 1.54) is 12.1 Å². The van der Waals surface area contributed by atoms with Crippen LogP contribution in [-0.2, 0) is 6.61 Å². The highest BCUT2D eigenvalue weighted by atomic mass is 19.1. The number of benzene rings is 2. The van der Waals surface area contributed by atoms with E-state index in [1.807, 2.05) is 6.07 Å². The molecule has 6 heteroatoms. The molecule has 2 aromatic carbocycles. The second-order valence-corrected chi connectivity index (χ2v) is 4.44. The Morgan fingerprint density at radius 3 is 2.50 bits per heavy atom. The Morgan fingerprint density at radius 1 is 1.09 bits per heavy atom. The van der Waals surface area contributed by atoms with Gasteiger partial charge in [-0.05, 0) is 48.5 Å². The summed E-state index contributed by atoms with van der Waals surface area (Å²) in [4.78, 5) is 4.18. The molecule has 0 atom stereocenters. The van der Waals surface area contributed by atoms with Crippen molar-refractivity contribution >= 4 is 0 Å². The molecule has 0 aliphatic rings. The maximum absolute atomic E-state index is 12.9. The van der Waals surface area contributed by atoms with Crippen LogP contribution in [0.2, 0.25) is 0 Å². The normalized spacial score (nSPS) is 10.2. The third-order valence-corrected chi connectivity index (χ3v) is 2.92. The Labute approximate surface area is 125 Å². The molecule has 0 saturated carbocycles. The standard InChI is InChI=1S/C16H10FN3O2/c17-13-5-3-12(4-6-13)16-19-15(22-20-16)10-21-14-7-1-11(9-18)2-8-14/h1-8H,10H2. The Kier molecular flexibility index (Phi) is 3.79. The molecule has 0 N–H and O–H groups in total. The lowest BCUT2D eigenvalue weighted by atomic mass is 10.2. The lowest BCUT2D eigenvalue weighted by Crippen LogP contribution is -1.95. The molecular weight excluding hydrogens is 285 g/mol. The molecule has 0 bridgehead atoms. The van der Waals surface area contributed by atoms with Crippen molar-refractivity contribution in [3.8, 4) is 23.2 Å². The summed E-state index contributed by atoms with van der Waals surface area (Å²) >= 11 is 0. The Hall–Kier alpha value is -3.20. The van der Waals surface area contributed by atoms with Gasteiger partial charge in [-0.3, -0.25) is 0 Å². The molecular formula is C16H10FN3O2. The van der Waals surface area contributed by atoms with Crippen LogP contribution in [0.15, 0.2) is 53.1 Å². The second kappa shape index (κ2) is 6.06. The Balaban J connectivity index is 1.66. The Morgan fingerprint density at radius 2 is 1.82 bits per heavy atom. The van der Waals surface area contributed by atoms with Crippen molar-refractivity contribution in [1.82, 2.24) is 10.1 Å². The van der Waals surface area contributed by atoms with Gasteiger partial charge < -0.3 is 9.26 Å². The molecule has 108 valence electrons. The van der Waals surface area contributed by atoms with E-state index in [0.717, 1.165) is 0 Å². The average molecular weight is 295 g/mol. The molecule has 0 amide bonds. The van der Waals surface area contributed by atoms with Gasteiger partial charge in [-0.25, -0.2) is 4.39 Å². The van der Waals surface area contributed by atoms with Crippen molar-refractivity contribution in [3.05, 3.63) is 65.8 Å². The van der Waals surface area contributed by atoms with Gasteiger partial charge in [0.05, 0.1) is 11.6 Å². The molecule has 0 aliphatic heterocycles. The molecule has 3 rings (SSSR count). The van der Waals surface area contributed by atoms with Gasteiger partial charge in [-0.1, -0.05) is 5.16 Å². The fourth-order valence-electron chi connectivity index (χ4n) is 1.80. The highest BCUT2D eigenvalue weighted by Gasteiger charge is 2.09. The monoisotopic (exact) mass is 295 g/mol. The van der Waals surface area contributed by atoms with Crippen molar-refractivity contribution in [3.63, 3.8) is 0 Å². The van der Waals surface area contributed by atoms with E-state index in [9.17, 15) is 4.39 Å². The molecule has 3 aromatic rings. The van der Waals surface area contributed by atoms with Gasteiger partial charge in [0.2, 0.25) is 5.82 Å². The van der Waals surface area contributed by atoms with Gasteiger partial charge in [-0.2, -0.15) is 10.2 Å². The first kappa shape index (κ1) is 13.8. The summed E-state index contributed by atoms with van der Waals surface area (Å²) in [7, 11) is 0. The summed E-state index contributed by atoms with van der Waals surface area (Å²) < 4.78 is 23.4. The van der Waals surface area contributed by atoms with Crippen LogP contribution in [0.4, 0.5) is 4.39 Å². The molecule has 1 aromatic heterocycles. The van der Waals surface area contributed by atoms with Gasteiger partial charge in [0.1, 0.15) is 11.6 Å². The zero-order chi connectivity index (χ0) is 15.4. The first-order chi connectivity index (χ1) is 10.7. The van der Waals surface area contributed by atoms with Crippen molar-refractivity contribution in [1.29, 1.82) is 5.26 Å². The summed E-state index contributed by atoms with van der Waals surface area (Å²) in [5.74, 6) is 0.958. The van der Waals surface area contributed by atoms with Gasteiger partial charge >= 0.3 is 0 Å². The number of ether oxygens (including phenoxy) is 1. The minimum atomic E-state index is -0.323. The SMILES string of the molecule is N#Cc1ccc(OCc2nc(-c3ccc(F)cc3)no2)cc1. The smallest absolute Gasteiger partial charge is 0.264 e. The van der Waals surface area contributed by atoms with E-state index < -0.39 is 0 Å². The largest absolute Gasteiger partial charge is 0.484 e. The van der Waals surface area contributed by atoms with Crippen molar-refractivity contribution in [2.45, 2.75) is 6.61 Å². The van der Waals surface area contributed by atoms with Crippen molar-refractivity contribution in [2.24, 2.45) is 0 Å². The van der Waals surface area contributed by atoms with Gasteiger partial charge in [-0.15, -0.1) is 0 Å². The quantitative estimate of drug-likeness (QED) is 0.738. The fraction of sp³-hybridized carbons (Fsp3) is 0.0625. The number of halogens is 1. The lowest BCUT2D eigenvalue weighted by Gasteiger charge is -2.02. The van der Waals surface area contributed by atoms with Crippen molar-refractivity contribution < 1.29 is 13.7 Å². The predicted molar refractivity (Wildman–Crippen MR) is 75.2 cm³/mol. The zero-order valence-electron chi connectivity index (χ0n) is 11.4. The minimum absolute atomic E-state index is 0.111. The summed E-state index contributed by atoms with van der Waals surface area (Å²) in [6, 6.07) is 14.5. The molecule has 0 saturated heterocycles. The molecule has 22 heavy (non-hydrogen) atoms. The van der Waals surface area contributed by atoms with Gasteiger partial charge in [0.25, 0.3) is 5.89 Å². The molecule has 0 aliphatic carbocycles. The van der Waals surface area contributed by atoms with Crippen LogP contribution in [0.3, 0.4) is 0 Å². The average Bonchev–Trinajstić information content (AvgIpc) is 3.03. The predicted octanol–water partition coefficient (Wildman–Crippen LogP) is 3.33. The zero-order valence-corrected chi connectivity index (χ0v) is 11.4. The number of nitriles is 1. The van der Waals surface area contributed by atoms with Crippen LogP contribution >= 0.6 is 0 Å². The van der Waals surface area contributed by atoms with E-state index >= 15 is 0 Å². The molecule has 0 fully saturated rings. The van der Waals surface area contributed by atoms with Crippen LogP contribution in [0.1, 0.15) is 11.5 Å². The van der Waals surface area contributed by atoms with Gasteiger partial charge in [0.15, 0.2) is 6.61 Å². The van der Waals surface area contributed by atoms with Crippen LogP contribution in [0.25, 0.3) is 11.4 Å². The molecule has 1 heterocycles. The molecule has 0 spiro atoms. The van der Waals surface area contributed by atoms with E-state index in [1.54, 1.807) is 36.4 Å². The summed E-state index contributed by atoms with van der Waals surface area (Å²) in [6.07, 6.45) is 0. The molecule has 0 radical (unpaired) electrons. The topological polar surface area (TPSA) is 71.9 Å². The van der Waals surface area contributed by atoms with Crippen LogP contribution in [-0.4, -0.2) is 10.1 Å². The van der Waals surface area contributed by atoms with Crippen molar-refractivity contribution in [2.75, 3.05) is 0 Å². The first-order valence-corrected chi connectivity index (χ1v) is 6.46. The van der Waals surface area contributed by atoms with Crippen LogP contribution < -0.4 is 4.74 Å². The van der Waals surface area contributed by atoms with Crippen LogP contribution in [0.5, 0.6) is 5.75 Å². The molecule has 5 nitrogen and oxygen atoms in total. The van der Waals surface area contributed by atoms with E-state index in [-0.39, 0.29) is 12.4 Å². The fourth-order valence-corrected chi connectivity index (χ4v) is 1.80. The lowest BCUT2D eigenvalue weighted by molar-refractivity contribution is 0.243. The van der Waals surface area contributed by atoms with Gasteiger partial charge in [0, 0.05) is 5.56 Å². The number of hydrogen-bond acceptors (Lipinski definition) is 5. The first-order valence-electron chi connectivity index (χ1n) is 6.46.